The minimum atomic E-state index is 0.0879. The van der Waals surface area contributed by atoms with Gasteiger partial charge < -0.3 is 14.8 Å². The van der Waals surface area contributed by atoms with Gasteiger partial charge in [-0.15, -0.1) is 0 Å². The molecular weight excluding hydrogens is 300 g/mol. The van der Waals surface area contributed by atoms with E-state index in [1.165, 1.54) is 12.8 Å². The van der Waals surface area contributed by atoms with Gasteiger partial charge in [0.05, 0.1) is 6.33 Å². The molecule has 2 aromatic rings. The van der Waals surface area contributed by atoms with E-state index in [-0.39, 0.29) is 6.03 Å². The Hall–Kier alpha value is -2.30. The van der Waals surface area contributed by atoms with Crippen molar-refractivity contribution in [1.82, 2.24) is 19.8 Å². The molecule has 1 heterocycles. The number of hydrogen-bond acceptors (Lipinski definition) is 2. The molecule has 0 radical (unpaired) electrons. The van der Waals surface area contributed by atoms with Crippen LogP contribution in [-0.2, 0) is 6.54 Å². The van der Waals surface area contributed by atoms with E-state index in [1.54, 1.807) is 12.5 Å². The second-order valence-electron chi connectivity index (χ2n) is 7.02. The van der Waals surface area contributed by atoms with Crippen LogP contribution in [0.1, 0.15) is 38.2 Å². The first-order chi connectivity index (χ1) is 11.7. The molecule has 0 saturated heterocycles. The zero-order chi connectivity index (χ0) is 16.5. The summed E-state index contributed by atoms with van der Waals surface area (Å²) < 4.78 is 1.97. The lowest BCUT2D eigenvalue weighted by Gasteiger charge is -2.29. The molecule has 5 nitrogen and oxygen atoms in total. The predicted molar refractivity (Wildman–Crippen MR) is 92.8 cm³/mol. The van der Waals surface area contributed by atoms with Crippen molar-refractivity contribution < 1.29 is 4.79 Å². The molecule has 1 N–H and O–H groups in total. The van der Waals surface area contributed by atoms with Crippen LogP contribution in [0.15, 0.2) is 43.0 Å². The quantitative estimate of drug-likeness (QED) is 0.886. The molecule has 2 aliphatic carbocycles. The smallest absolute Gasteiger partial charge is 0.318 e. The van der Waals surface area contributed by atoms with Crippen LogP contribution in [0.5, 0.6) is 0 Å². The lowest BCUT2D eigenvalue weighted by Crippen LogP contribution is -2.47. The molecule has 24 heavy (non-hydrogen) atoms. The molecule has 1 aromatic heterocycles. The number of carbonyl (C=O) groups excluding carboxylic acids is 1. The summed E-state index contributed by atoms with van der Waals surface area (Å²) in [5, 5.41) is 3.12. The molecule has 0 unspecified atom stereocenters. The highest BCUT2D eigenvalue weighted by Crippen LogP contribution is 2.39. The van der Waals surface area contributed by atoms with Crippen molar-refractivity contribution in [2.75, 3.05) is 0 Å². The molecule has 126 valence electrons. The fraction of sp³-hybridized carbons (Fsp3) is 0.474. The largest absolute Gasteiger partial charge is 0.334 e. The number of nitrogens with one attached hydrogen (secondary N) is 1. The highest BCUT2D eigenvalue weighted by atomic mass is 16.2. The highest BCUT2D eigenvalue weighted by Gasteiger charge is 2.41. The van der Waals surface area contributed by atoms with E-state index in [9.17, 15) is 4.79 Å². The zero-order valence-electron chi connectivity index (χ0n) is 14.1. The molecule has 2 fully saturated rings. The van der Waals surface area contributed by atoms with E-state index in [0.717, 1.165) is 24.1 Å². The van der Waals surface area contributed by atoms with Crippen molar-refractivity contribution in [3.63, 3.8) is 0 Å². The summed E-state index contributed by atoms with van der Waals surface area (Å²) in [6.07, 6.45) is 10.3. The van der Waals surface area contributed by atoms with Gasteiger partial charge in [-0.25, -0.2) is 9.78 Å². The Labute approximate surface area is 142 Å². The van der Waals surface area contributed by atoms with Crippen LogP contribution < -0.4 is 5.32 Å². The Morgan fingerprint density at radius 3 is 2.88 bits per heavy atom. The fourth-order valence-electron chi connectivity index (χ4n) is 3.35. The molecular formula is C19H24N4O. The van der Waals surface area contributed by atoms with E-state index >= 15 is 0 Å². The van der Waals surface area contributed by atoms with E-state index in [1.807, 2.05) is 29.0 Å². The van der Waals surface area contributed by atoms with E-state index in [2.05, 4.69) is 28.2 Å². The van der Waals surface area contributed by atoms with Crippen molar-refractivity contribution in [3.05, 3.63) is 48.5 Å². The van der Waals surface area contributed by atoms with Gasteiger partial charge >= 0.3 is 6.03 Å². The molecule has 4 rings (SSSR count). The lowest BCUT2D eigenvalue weighted by molar-refractivity contribution is 0.166. The number of aromatic nitrogens is 2. The van der Waals surface area contributed by atoms with Gasteiger partial charge in [-0.1, -0.05) is 12.1 Å². The number of imidazole rings is 1. The Kier molecular flexibility index (Phi) is 4.00. The van der Waals surface area contributed by atoms with Crippen LogP contribution in [0, 0.1) is 5.92 Å². The Balaban J connectivity index is 1.40. The molecule has 0 aliphatic heterocycles. The number of rotatable bonds is 6. The number of hydrogen-bond donors (Lipinski definition) is 1. The third-order valence-corrected chi connectivity index (χ3v) is 5.07. The Morgan fingerprint density at radius 1 is 1.38 bits per heavy atom. The first-order valence-corrected chi connectivity index (χ1v) is 8.86. The van der Waals surface area contributed by atoms with Gasteiger partial charge in [-0.3, -0.25) is 0 Å². The molecule has 2 amide bonds. The number of amides is 2. The third-order valence-electron chi connectivity index (χ3n) is 5.07. The average Bonchev–Trinajstić information content (AvgIpc) is 3.53. The van der Waals surface area contributed by atoms with Crippen LogP contribution in [0.3, 0.4) is 0 Å². The van der Waals surface area contributed by atoms with Crippen molar-refractivity contribution >= 4 is 6.03 Å². The number of urea groups is 1. The van der Waals surface area contributed by atoms with Crippen LogP contribution in [-0.4, -0.2) is 32.6 Å². The van der Waals surface area contributed by atoms with Crippen LogP contribution in [0.2, 0.25) is 0 Å². The maximum atomic E-state index is 12.7. The van der Waals surface area contributed by atoms with Crippen molar-refractivity contribution in [3.8, 4) is 5.69 Å². The van der Waals surface area contributed by atoms with Gasteiger partial charge in [0.15, 0.2) is 0 Å². The monoisotopic (exact) mass is 324 g/mol. The summed E-state index contributed by atoms with van der Waals surface area (Å²) in [5.74, 6) is 0.709. The molecule has 1 atom stereocenters. The van der Waals surface area contributed by atoms with Gasteiger partial charge in [0.25, 0.3) is 0 Å². The molecule has 0 spiro atoms. The molecule has 5 heteroatoms. The number of nitrogens with zero attached hydrogens (tertiary/aromatic N) is 3. The molecule has 2 saturated carbocycles. The summed E-state index contributed by atoms with van der Waals surface area (Å²) in [6, 6.07) is 9.11. The Bertz CT molecular complexity index is 704. The maximum Gasteiger partial charge on any atom is 0.318 e. The Morgan fingerprint density at radius 2 is 2.21 bits per heavy atom. The minimum Gasteiger partial charge on any atom is -0.334 e. The summed E-state index contributed by atoms with van der Waals surface area (Å²) in [6.45, 7) is 2.76. The van der Waals surface area contributed by atoms with E-state index < -0.39 is 0 Å². The minimum absolute atomic E-state index is 0.0879. The van der Waals surface area contributed by atoms with Gasteiger partial charge in [-0.2, -0.15) is 0 Å². The number of carbonyl (C=O) groups is 1. The first kappa shape index (κ1) is 15.2. The normalized spacial score (nSPS) is 18.2. The van der Waals surface area contributed by atoms with E-state index in [0.29, 0.717) is 24.5 Å². The average molecular weight is 324 g/mol. The second kappa shape index (κ2) is 6.30. The first-order valence-electron chi connectivity index (χ1n) is 8.86. The van der Waals surface area contributed by atoms with Gasteiger partial charge in [0.2, 0.25) is 0 Å². The molecule has 1 aromatic carbocycles. The maximum absolute atomic E-state index is 12.7. The van der Waals surface area contributed by atoms with Gasteiger partial charge in [-0.05, 0) is 56.2 Å². The molecule has 0 bridgehead atoms. The standard InChI is InChI=1S/C19H24N4O/c1-14(16-5-6-16)23(17-7-8-17)19(24)21-12-15-3-2-4-18(11-15)22-10-9-20-13-22/h2-4,9-11,13-14,16-17H,5-8,12H2,1H3,(H,21,24)/t14-/m1/s1. The van der Waals surface area contributed by atoms with Crippen molar-refractivity contribution in [2.24, 2.45) is 5.92 Å². The fourth-order valence-corrected chi connectivity index (χ4v) is 3.35. The summed E-state index contributed by atoms with van der Waals surface area (Å²) in [7, 11) is 0. The zero-order valence-corrected chi connectivity index (χ0v) is 14.1. The number of benzene rings is 1. The SMILES string of the molecule is C[C@H](C1CC1)N(C(=O)NCc1cccc(-n2ccnc2)c1)C1CC1. The van der Waals surface area contributed by atoms with Crippen LogP contribution >= 0.6 is 0 Å². The summed E-state index contributed by atoms with van der Waals surface area (Å²) >= 11 is 0. The van der Waals surface area contributed by atoms with Gasteiger partial charge in [0, 0.05) is 36.7 Å². The van der Waals surface area contributed by atoms with Crippen LogP contribution in [0.25, 0.3) is 5.69 Å². The molecule has 2 aliphatic rings. The van der Waals surface area contributed by atoms with Crippen molar-refractivity contribution in [2.45, 2.75) is 51.2 Å². The predicted octanol–water partition coefficient (Wildman–Crippen LogP) is 3.34. The van der Waals surface area contributed by atoms with Crippen LogP contribution in [0.4, 0.5) is 4.79 Å². The highest BCUT2D eigenvalue weighted by molar-refractivity contribution is 5.75. The third kappa shape index (κ3) is 3.30. The van der Waals surface area contributed by atoms with Crippen molar-refractivity contribution in [1.29, 1.82) is 0 Å². The summed E-state index contributed by atoms with van der Waals surface area (Å²) in [4.78, 5) is 18.9. The second-order valence-corrected chi connectivity index (χ2v) is 7.02. The van der Waals surface area contributed by atoms with E-state index in [4.69, 9.17) is 0 Å². The lowest BCUT2D eigenvalue weighted by atomic mass is 10.2. The van der Waals surface area contributed by atoms with Gasteiger partial charge in [0.1, 0.15) is 0 Å². The topological polar surface area (TPSA) is 50.2 Å². The summed E-state index contributed by atoms with van der Waals surface area (Å²) in [5.41, 5.74) is 2.16.